The molecule has 0 radical (unpaired) electrons. The summed E-state index contributed by atoms with van der Waals surface area (Å²) in [7, 11) is 3.22. The summed E-state index contributed by atoms with van der Waals surface area (Å²) < 4.78 is 35.5. The summed E-state index contributed by atoms with van der Waals surface area (Å²) >= 11 is 0. The van der Waals surface area contributed by atoms with Gasteiger partial charge in [-0.2, -0.15) is 0 Å². The Labute approximate surface area is 152 Å². The van der Waals surface area contributed by atoms with E-state index in [2.05, 4.69) is 17.0 Å². The molecule has 0 saturated carbocycles. The molecule has 2 fully saturated rings. The van der Waals surface area contributed by atoms with Gasteiger partial charge in [0, 0.05) is 19.2 Å². The van der Waals surface area contributed by atoms with Gasteiger partial charge in [0.2, 0.25) is 0 Å². The number of rotatable bonds is 6. The Balaban J connectivity index is 1.44. The fourth-order valence-corrected chi connectivity index (χ4v) is 3.51. The van der Waals surface area contributed by atoms with Crippen LogP contribution in [0.3, 0.4) is 0 Å². The summed E-state index contributed by atoms with van der Waals surface area (Å²) in [5.41, 5.74) is 1.10. The lowest BCUT2D eigenvalue weighted by Crippen LogP contribution is -2.69. The Hall–Kier alpha value is -2.31. The van der Waals surface area contributed by atoms with Crippen molar-refractivity contribution < 1.29 is 23.3 Å². The fourth-order valence-electron chi connectivity index (χ4n) is 3.51. The zero-order chi connectivity index (χ0) is 18.1. The molecule has 2 aliphatic rings. The topological polar surface area (TPSA) is 40.2 Å². The molecule has 138 valence electrons. The predicted molar refractivity (Wildman–Crippen MR) is 94.4 cm³/mol. The number of likely N-dealkylation sites (tertiary alicyclic amines) is 1. The van der Waals surface area contributed by atoms with E-state index in [-0.39, 0.29) is 17.5 Å². The van der Waals surface area contributed by atoms with Crippen LogP contribution in [-0.4, -0.2) is 51.5 Å². The molecule has 2 aliphatic heterocycles. The SMILES string of the molecule is COc1ccc(C2(N3CC(Oc4cc(F)ccc4OC)C3)COC2)cc1. The molecule has 0 amide bonds. The minimum atomic E-state index is -0.334. The molecule has 0 aromatic heterocycles. The molecule has 2 aromatic carbocycles. The van der Waals surface area contributed by atoms with Crippen LogP contribution < -0.4 is 14.2 Å². The van der Waals surface area contributed by atoms with Gasteiger partial charge in [0.1, 0.15) is 17.7 Å². The van der Waals surface area contributed by atoms with Crippen molar-refractivity contribution in [1.82, 2.24) is 4.90 Å². The van der Waals surface area contributed by atoms with Crippen LogP contribution in [0.2, 0.25) is 0 Å². The summed E-state index contributed by atoms with van der Waals surface area (Å²) in [5.74, 6) is 1.49. The maximum absolute atomic E-state index is 13.5. The van der Waals surface area contributed by atoms with Crippen LogP contribution in [0.5, 0.6) is 17.2 Å². The van der Waals surface area contributed by atoms with Crippen LogP contribution in [0.25, 0.3) is 0 Å². The van der Waals surface area contributed by atoms with Gasteiger partial charge in [-0.25, -0.2) is 4.39 Å². The second-order valence-electron chi connectivity index (χ2n) is 6.69. The first-order valence-corrected chi connectivity index (χ1v) is 8.62. The standard InChI is InChI=1S/C20H22FNO4/c1-23-16-6-3-14(4-7-16)20(12-25-13-20)22-10-17(11-22)26-19-9-15(21)5-8-18(19)24-2/h3-9,17H,10-13H2,1-2H3. The van der Waals surface area contributed by atoms with Crippen molar-refractivity contribution in [3.63, 3.8) is 0 Å². The molecule has 0 atom stereocenters. The first-order chi connectivity index (χ1) is 12.6. The van der Waals surface area contributed by atoms with Crippen molar-refractivity contribution in [2.45, 2.75) is 11.6 Å². The number of methoxy groups -OCH3 is 2. The molecule has 0 spiro atoms. The highest BCUT2D eigenvalue weighted by atomic mass is 19.1. The average molecular weight is 359 g/mol. The van der Waals surface area contributed by atoms with E-state index in [4.69, 9.17) is 18.9 Å². The summed E-state index contributed by atoms with van der Waals surface area (Å²) in [5, 5.41) is 0. The molecular formula is C20H22FNO4. The quantitative estimate of drug-likeness (QED) is 0.793. The van der Waals surface area contributed by atoms with Gasteiger partial charge < -0.3 is 18.9 Å². The van der Waals surface area contributed by atoms with E-state index in [0.717, 1.165) is 18.8 Å². The van der Waals surface area contributed by atoms with E-state index < -0.39 is 0 Å². The Morgan fingerprint density at radius 2 is 1.73 bits per heavy atom. The molecule has 4 rings (SSSR count). The highest BCUT2D eigenvalue weighted by Crippen LogP contribution is 2.41. The van der Waals surface area contributed by atoms with Crippen molar-refractivity contribution in [2.24, 2.45) is 0 Å². The number of hydrogen-bond donors (Lipinski definition) is 0. The molecule has 0 unspecified atom stereocenters. The van der Waals surface area contributed by atoms with Gasteiger partial charge >= 0.3 is 0 Å². The normalized spacial score (nSPS) is 19.3. The zero-order valence-corrected chi connectivity index (χ0v) is 14.9. The highest BCUT2D eigenvalue weighted by Gasteiger charge is 2.51. The van der Waals surface area contributed by atoms with Crippen molar-refractivity contribution in [2.75, 3.05) is 40.5 Å². The monoisotopic (exact) mass is 359 g/mol. The Morgan fingerprint density at radius 3 is 2.31 bits per heavy atom. The number of benzene rings is 2. The first kappa shape index (κ1) is 17.1. The summed E-state index contributed by atoms with van der Waals surface area (Å²) in [6, 6.07) is 12.4. The maximum Gasteiger partial charge on any atom is 0.164 e. The number of nitrogens with zero attached hydrogens (tertiary/aromatic N) is 1. The maximum atomic E-state index is 13.5. The van der Waals surface area contributed by atoms with E-state index in [0.29, 0.717) is 24.7 Å². The molecule has 5 nitrogen and oxygen atoms in total. The van der Waals surface area contributed by atoms with Crippen LogP contribution in [0.4, 0.5) is 4.39 Å². The van der Waals surface area contributed by atoms with Crippen molar-refractivity contribution in [3.05, 3.63) is 53.8 Å². The zero-order valence-electron chi connectivity index (χ0n) is 14.9. The van der Waals surface area contributed by atoms with Gasteiger partial charge in [0.05, 0.1) is 33.0 Å². The third-order valence-corrected chi connectivity index (χ3v) is 5.18. The highest BCUT2D eigenvalue weighted by molar-refractivity contribution is 5.40. The Bertz CT molecular complexity index is 770. The van der Waals surface area contributed by atoms with Crippen molar-refractivity contribution in [1.29, 1.82) is 0 Å². The molecule has 0 bridgehead atoms. The second kappa shape index (κ2) is 6.78. The molecule has 0 N–H and O–H groups in total. The second-order valence-corrected chi connectivity index (χ2v) is 6.69. The van der Waals surface area contributed by atoms with Crippen molar-refractivity contribution >= 4 is 0 Å². The molecule has 26 heavy (non-hydrogen) atoms. The van der Waals surface area contributed by atoms with E-state index in [1.807, 2.05) is 12.1 Å². The summed E-state index contributed by atoms with van der Waals surface area (Å²) in [6.45, 7) is 2.84. The molecular weight excluding hydrogens is 337 g/mol. The largest absolute Gasteiger partial charge is 0.497 e. The van der Waals surface area contributed by atoms with Gasteiger partial charge in [0.15, 0.2) is 11.5 Å². The Morgan fingerprint density at radius 1 is 1.00 bits per heavy atom. The Kier molecular flexibility index (Phi) is 4.46. The minimum absolute atomic E-state index is 0.00132. The van der Waals surface area contributed by atoms with Crippen LogP contribution in [0, 0.1) is 5.82 Å². The van der Waals surface area contributed by atoms with Gasteiger partial charge in [-0.3, -0.25) is 4.90 Å². The van der Waals surface area contributed by atoms with Crippen molar-refractivity contribution in [3.8, 4) is 17.2 Å². The number of ether oxygens (including phenoxy) is 4. The van der Waals surface area contributed by atoms with Crippen LogP contribution in [-0.2, 0) is 10.3 Å². The van der Waals surface area contributed by atoms with Gasteiger partial charge in [-0.05, 0) is 29.8 Å². The summed E-state index contributed by atoms with van der Waals surface area (Å²) in [6.07, 6.45) is 0.00132. The lowest BCUT2D eigenvalue weighted by Gasteiger charge is -2.56. The molecule has 2 saturated heterocycles. The van der Waals surface area contributed by atoms with Gasteiger partial charge in [0.25, 0.3) is 0 Å². The third-order valence-electron chi connectivity index (χ3n) is 5.18. The van der Waals surface area contributed by atoms with E-state index >= 15 is 0 Å². The average Bonchev–Trinajstić information content (AvgIpc) is 2.59. The smallest absolute Gasteiger partial charge is 0.164 e. The molecule has 0 aliphatic carbocycles. The number of hydrogen-bond acceptors (Lipinski definition) is 5. The van der Waals surface area contributed by atoms with E-state index in [9.17, 15) is 4.39 Å². The van der Waals surface area contributed by atoms with Gasteiger partial charge in [-0.15, -0.1) is 0 Å². The lowest BCUT2D eigenvalue weighted by atomic mass is 9.83. The molecule has 2 heterocycles. The third kappa shape index (κ3) is 2.89. The van der Waals surface area contributed by atoms with Crippen LogP contribution in [0.1, 0.15) is 5.56 Å². The fraction of sp³-hybridized carbons (Fsp3) is 0.400. The van der Waals surface area contributed by atoms with Gasteiger partial charge in [-0.1, -0.05) is 12.1 Å². The first-order valence-electron chi connectivity index (χ1n) is 8.62. The number of halogens is 1. The minimum Gasteiger partial charge on any atom is -0.497 e. The van der Waals surface area contributed by atoms with E-state index in [1.54, 1.807) is 20.3 Å². The summed E-state index contributed by atoms with van der Waals surface area (Å²) in [4.78, 5) is 2.36. The lowest BCUT2D eigenvalue weighted by molar-refractivity contribution is -0.187. The van der Waals surface area contributed by atoms with Crippen LogP contribution in [0.15, 0.2) is 42.5 Å². The van der Waals surface area contributed by atoms with Crippen LogP contribution >= 0.6 is 0 Å². The van der Waals surface area contributed by atoms with E-state index in [1.165, 1.54) is 17.7 Å². The molecule has 6 heteroatoms. The molecule has 2 aromatic rings. The predicted octanol–water partition coefficient (Wildman–Crippen LogP) is 2.83.